The lowest BCUT2D eigenvalue weighted by molar-refractivity contribution is 0.0218. The van der Waals surface area contributed by atoms with Crippen LogP contribution < -0.4 is 0 Å². The molecule has 2 heterocycles. The zero-order chi connectivity index (χ0) is 16.8. The summed E-state index contributed by atoms with van der Waals surface area (Å²) in [6, 6.07) is 8.36. The van der Waals surface area contributed by atoms with Crippen LogP contribution in [0.5, 0.6) is 0 Å². The number of carbonyl (C=O) groups is 1. The molecule has 1 amide bonds. The smallest absolute Gasteiger partial charge is 0.410 e. The zero-order valence-electron chi connectivity index (χ0n) is 14.0. The number of H-pyrrole nitrogens is 1. The fraction of sp³-hybridized carbons (Fsp3) is 0.500. The first-order chi connectivity index (χ1) is 10.7. The minimum Gasteiger partial charge on any atom is -0.444 e. The molecule has 2 atom stereocenters. The molecule has 0 bridgehead atoms. The molecule has 1 aromatic carbocycles. The average molecular weight is 379 g/mol. The van der Waals surface area contributed by atoms with E-state index in [0.29, 0.717) is 5.92 Å². The van der Waals surface area contributed by atoms with Gasteiger partial charge in [0.05, 0.1) is 6.04 Å². The van der Waals surface area contributed by atoms with Crippen molar-refractivity contribution in [3.05, 3.63) is 34.4 Å². The molecular weight excluding hydrogens is 356 g/mol. The van der Waals surface area contributed by atoms with Crippen molar-refractivity contribution >= 4 is 32.9 Å². The highest BCUT2D eigenvalue weighted by molar-refractivity contribution is 9.10. The highest BCUT2D eigenvalue weighted by Gasteiger charge is 2.37. The Morgan fingerprint density at radius 1 is 1.35 bits per heavy atom. The predicted octanol–water partition coefficient (Wildman–Crippen LogP) is 5.25. The topological polar surface area (TPSA) is 45.3 Å². The number of aromatic nitrogens is 1. The molecule has 3 rings (SSSR count). The summed E-state index contributed by atoms with van der Waals surface area (Å²) in [5, 5.41) is 1.16. The molecule has 0 aliphatic carbocycles. The van der Waals surface area contributed by atoms with Crippen LogP contribution in [0.4, 0.5) is 4.79 Å². The Kier molecular flexibility index (Phi) is 4.17. The Bertz CT molecular complexity index is 732. The summed E-state index contributed by atoms with van der Waals surface area (Å²) in [7, 11) is 0. The third kappa shape index (κ3) is 3.55. The molecule has 124 valence electrons. The van der Waals surface area contributed by atoms with Crippen LogP contribution in [-0.4, -0.2) is 28.1 Å². The van der Waals surface area contributed by atoms with Crippen LogP contribution in [0.1, 0.15) is 45.9 Å². The number of benzene rings is 1. The first-order valence-electron chi connectivity index (χ1n) is 8.01. The number of nitrogens with one attached hydrogen (secondary N) is 1. The largest absolute Gasteiger partial charge is 0.444 e. The van der Waals surface area contributed by atoms with Gasteiger partial charge in [-0.1, -0.05) is 28.9 Å². The average Bonchev–Trinajstić information content (AvgIpc) is 2.99. The van der Waals surface area contributed by atoms with Gasteiger partial charge in [0.15, 0.2) is 0 Å². The number of ether oxygens (including phenoxy) is 1. The highest BCUT2D eigenvalue weighted by Crippen LogP contribution is 2.37. The van der Waals surface area contributed by atoms with Gasteiger partial charge in [-0.05, 0) is 56.7 Å². The van der Waals surface area contributed by atoms with Gasteiger partial charge in [-0.25, -0.2) is 4.79 Å². The summed E-state index contributed by atoms with van der Waals surface area (Å²) in [6.07, 6.45) is 0.722. The number of carbonyl (C=O) groups excluding carboxylic acids is 1. The number of aromatic amines is 1. The van der Waals surface area contributed by atoms with Crippen molar-refractivity contribution in [3.63, 3.8) is 0 Å². The Morgan fingerprint density at radius 2 is 2.09 bits per heavy atom. The number of fused-ring (bicyclic) bond motifs is 1. The first-order valence-corrected chi connectivity index (χ1v) is 8.80. The van der Waals surface area contributed by atoms with Gasteiger partial charge in [0.1, 0.15) is 5.60 Å². The van der Waals surface area contributed by atoms with E-state index in [1.807, 2.05) is 31.7 Å². The van der Waals surface area contributed by atoms with E-state index in [4.69, 9.17) is 4.74 Å². The molecule has 1 aliphatic heterocycles. The second-order valence-corrected chi connectivity index (χ2v) is 8.36. The lowest BCUT2D eigenvalue weighted by Crippen LogP contribution is -2.36. The van der Waals surface area contributed by atoms with Crippen LogP contribution in [0.15, 0.2) is 28.7 Å². The number of hydrogen-bond donors (Lipinski definition) is 1. The van der Waals surface area contributed by atoms with Crippen molar-refractivity contribution in [1.29, 1.82) is 0 Å². The quantitative estimate of drug-likeness (QED) is 0.736. The van der Waals surface area contributed by atoms with E-state index < -0.39 is 5.60 Å². The molecule has 5 heteroatoms. The molecule has 1 N–H and O–H groups in total. The summed E-state index contributed by atoms with van der Waals surface area (Å²) < 4.78 is 6.62. The third-order valence-electron chi connectivity index (χ3n) is 4.10. The van der Waals surface area contributed by atoms with E-state index >= 15 is 0 Å². The number of halogens is 1. The van der Waals surface area contributed by atoms with Crippen molar-refractivity contribution in [2.75, 3.05) is 6.54 Å². The minimum atomic E-state index is -0.473. The predicted molar refractivity (Wildman–Crippen MR) is 95.5 cm³/mol. The second-order valence-electron chi connectivity index (χ2n) is 7.45. The Hall–Kier alpha value is -1.49. The Labute approximate surface area is 145 Å². The highest BCUT2D eigenvalue weighted by atomic mass is 79.9. The third-order valence-corrected chi connectivity index (χ3v) is 4.60. The van der Waals surface area contributed by atoms with Gasteiger partial charge in [-0.15, -0.1) is 0 Å². The van der Waals surface area contributed by atoms with Gasteiger partial charge in [-0.2, -0.15) is 0 Å². The molecule has 0 radical (unpaired) electrons. The number of likely N-dealkylation sites (tertiary alicyclic amines) is 1. The lowest BCUT2D eigenvalue weighted by atomic mass is 10.1. The fourth-order valence-corrected chi connectivity index (χ4v) is 3.53. The van der Waals surface area contributed by atoms with Gasteiger partial charge < -0.3 is 9.72 Å². The van der Waals surface area contributed by atoms with Gasteiger partial charge >= 0.3 is 6.09 Å². The van der Waals surface area contributed by atoms with E-state index in [1.165, 1.54) is 0 Å². The molecule has 1 aromatic heterocycles. The Balaban J connectivity index is 1.90. The fourth-order valence-electron chi connectivity index (χ4n) is 3.16. The van der Waals surface area contributed by atoms with Crippen LogP contribution in [0.25, 0.3) is 10.9 Å². The normalized spacial score (nSPS) is 21.9. The molecule has 23 heavy (non-hydrogen) atoms. The summed E-state index contributed by atoms with van der Waals surface area (Å²) >= 11 is 3.50. The first kappa shape index (κ1) is 16.4. The van der Waals surface area contributed by atoms with Crippen molar-refractivity contribution in [1.82, 2.24) is 9.88 Å². The van der Waals surface area contributed by atoms with Gasteiger partial charge in [0, 0.05) is 22.2 Å². The maximum absolute atomic E-state index is 12.5. The van der Waals surface area contributed by atoms with Crippen molar-refractivity contribution < 1.29 is 9.53 Å². The van der Waals surface area contributed by atoms with Crippen LogP contribution in [0.3, 0.4) is 0 Å². The molecule has 0 unspecified atom stereocenters. The van der Waals surface area contributed by atoms with Gasteiger partial charge in [0.25, 0.3) is 0 Å². The maximum atomic E-state index is 12.5. The van der Waals surface area contributed by atoms with Crippen LogP contribution in [0.2, 0.25) is 0 Å². The molecule has 0 saturated carbocycles. The second kappa shape index (κ2) is 5.86. The van der Waals surface area contributed by atoms with E-state index in [-0.39, 0.29) is 12.1 Å². The minimum absolute atomic E-state index is 0.0472. The molecule has 1 fully saturated rings. The van der Waals surface area contributed by atoms with Crippen LogP contribution in [-0.2, 0) is 4.74 Å². The van der Waals surface area contributed by atoms with E-state index in [9.17, 15) is 4.79 Å². The lowest BCUT2D eigenvalue weighted by Gasteiger charge is -2.28. The number of hydrogen-bond acceptors (Lipinski definition) is 2. The van der Waals surface area contributed by atoms with Gasteiger partial charge in [-0.3, -0.25) is 4.90 Å². The molecule has 4 nitrogen and oxygen atoms in total. The standard InChI is InChI=1S/C18H23BrN2O2/c1-11-7-16(21(10-11)17(22)23-18(2,3)4)15-8-12-5-6-13(19)9-14(12)20-15/h5-6,8-9,11,16,20H,7,10H2,1-4H3/t11-,16+/m0/s1. The SMILES string of the molecule is C[C@H]1C[C@H](c2cc3ccc(Br)cc3[nH]2)N(C(=O)OC(C)(C)C)C1. The monoisotopic (exact) mass is 378 g/mol. The molecular formula is C18H23BrN2O2. The van der Waals surface area contributed by atoms with Crippen LogP contribution >= 0.6 is 15.9 Å². The van der Waals surface area contributed by atoms with Crippen LogP contribution in [0, 0.1) is 5.92 Å². The zero-order valence-corrected chi connectivity index (χ0v) is 15.6. The van der Waals surface area contributed by atoms with E-state index in [2.05, 4.69) is 46.0 Å². The van der Waals surface area contributed by atoms with Gasteiger partial charge in [0.2, 0.25) is 0 Å². The van der Waals surface area contributed by atoms with Crippen molar-refractivity contribution in [3.8, 4) is 0 Å². The Morgan fingerprint density at radius 3 is 2.78 bits per heavy atom. The van der Waals surface area contributed by atoms with Crippen molar-refractivity contribution in [2.45, 2.75) is 45.8 Å². The van der Waals surface area contributed by atoms with E-state index in [0.717, 1.165) is 34.0 Å². The molecule has 1 saturated heterocycles. The summed E-state index contributed by atoms with van der Waals surface area (Å²) in [5.74, 6) is 0.464. The van der Waals surface area contributed by atoms with E-state index in [1.54, 1.807) is 0 Å². The number of amides is 1. The van der Waals surface area contributed by atoms with Crippen molar-refractivity contribution in [2.24, 2.45) is 5.92 Å². The molecule has 1 aliphatic rings. The maximum Gasteiger partial charge on any atom is 0.410 e. The summed E-state index contributed by atoms with van der Waals surface area (Å²) in [4.78, 5) is 17.9. The number of nitrogens with zero attached hydrogens (tertiary/aromatic N) is 1. The molecule has 0 spiro atoms. The molecule has 2 aromatic rings. The number of rotatable bonds is 1. The summed E-state index contributed by atoms with van der Waals surface area (Å²) in [5.41, 5.74) is 1.69. The summed E-state index contributed by atoms with van der Waals surface area (Å²) in [6.45, 7) is 8.62.